The minimum absolute atomic E-state index is 0.212. The molecular formula is C19H24N4O4. The Bertz CT molecular complexity index is 826. The third-order valence-electron chi connectivity index (χ3n) is 5.89. The fourth-order valence-electron chi connectivity index (χ4n) is 4.53. The van der Waals surface area contributed by atoms with Crippen molar-refractivity contribution in [1.82, 2.24) is 14.8 Å². The molecule has 8 heteroatoms. The number of fused-ring (bicyclic) bond motifs is 2. The van der Waals surface area contributed by atoms with Crippen molar-refractivity contribution in [2.75, 3.05) is 24.8 Å². The van der Waals surface area contributed by atoms with Gasteiger partial charge in [0.15, 0.2) is 11.5 Å². The van der Waals surface area contributed by atoms with E-state index in [1.807, 2.05) is 22.9 Å². The molecule has 0 bridgehead atoms. The van der Waals surface area contributed by atoms with Gasteiger partial charge in [0.1, 0.15) is 18.2 Å². The number of rotatable bonds is 4. The second kappa shape index (κ2) is 6.60. The van der Waals surface area contributed by atoms with Crippen LogP contribution in [-0.4, -0.2) is 52.0 Å². The maximum Gasteiger partial charge on any atom is 0.231 e. The van der Waals surface area contributed by atoms with E-state index in [0.29, 0.717) is 23.3 Å². The van der Waals surface area contributed by atoms with Crippen LogP contribution in [0.15, 0.2) is 24.5 Å². The first-order chi connectivity index (χ1) is 13.2. The van der Waals surface area contributed by atoms with Gasteiger partial charge in [-0.1, -0.05) is 0 Å². The van der Waals surface area contributed by atoms with Crippen LogP contribution in [0, 0.1) is 11.8 Å². The highest BCUT2D eigenvalue weighted by Gasteiger charge is 2.43. The first kappa shape index (κ1) is 16.7. The Morgan fingerprint density at radius 2 is 2.00 bits per heavy atom. The van der Waals surface area contributed by atoms with Crippen LogP contribution in [0.4, 0.5) is 5.95 Å². The summed E-state index contributed by atoms with van der Waals surface area (Å²) in [4.78, 5) is 6.72. The number of aliphatic hydroxyl groups excluding tert-OH is 1. The zero-order valence-corrected chi connectivity index (χ0v) is 15.3. The molecule has 1 aromatic carbocycles. The molecule has 1 saturated heterocycles. The lowest BCUT2D eigenvalue weighted by Crippen LogP contribution is -2.42. The van der Waals surface area contributed by atoms with Gasteiger partial charge in [-0.25, -0.2) is 4.68 Å². The van der Waals surface area contributed by atoms with Crippen molar-refractivity contribution in [3.05, 3.63) is 24.5 Å². The van der Waals surface area contributed by atoms with E-state index in [-0.39, 0.29) is 12.9 Å². The molecule has 3 aliphatic rings. The number of ether oxygens (including phenoxy) is 3. The summed E-state index contributed by atoms with van der Waals surface area (Å²) in [5.74, 6) is 4.00. The van der Waals surface area contributed by atoms with Gasteiger partial charge in [0, 0.05) is 25.7 Å². The highest BCUT2D eigenvalue weighted by Crippen LogP contribution is 2.40. The fourth-order valence-corrected chi connectivity index (χ4v) is 4.53. The quantitative estimate of drug-likeness (QED) is 0.874. The normalized spacial score (nSPS) is 29.0. The van der Waals surface area contributed by atoms with E-state index in [1.165, 1.54) is 0 Å². The third kappa shape index (κ3) is 2.97. The van der Waals surface area contributed by atoms with Crippen LogP contribution in [0.3, 0.4) is 0 Å². The number of aliphatic hydroxyl groups is 1. The molecule has 1 saturated carbocycles. The predicted octanol–water partition coefficient (Wildman–Crippen LogP) is 1.68. The van der Waals surface area contributed by atoms with Gasteiger partial charge in [-0.05, 0) is 43.7 Å². The zero-order chi connectivity index (χ0) is 18.4. The summed E-state index contributed by atoms with van der Waals surface area (Å²) in [7, 11) is 0. The molecule has 0 radical (unpaired) electrons. The maximum absolute atomic E-state index is 10.7. The van der Waals surface area contributed by atoms with E-state index in [1.54, 1.807) is 6.33 Å². The minimum Gasteiger partial charge on any atom is -0.488 e. The lowest BCUT2D eigenvalue weighted by atomic mass is 9.78. The lowest BCUT2D eigenvalue weighted by molar-refractivity contribution is -0.0232. The number of benzene rings is 1. The van der Waals surface area contributed by atoms with E-state index in [9.17, 15) is 5.11 Å². The molecule has 2 fully saturated rings. The predicted molar refractivity (Wildman–Crippen MR) is 97.1 cm³/mol. The van der Waals surface area contributed by atoms with Crippen LogP contribution in [0.25, 0.3) is 0 Å². The third-order valence-corrected chi connectivity index (χ3v) is 5.89. The van der Waals surface area contributed by atoms with Gasteiger partial charge < -0.3 is 24.2 Å². The number of aryl methyl sites for hydroxylation is 1. The van der Waals surface area contributed by atoms with Crippen molar-refractivity contribution in [1.29, 1.82) is 0 Å². The Hall–Kier alpha value is -2.48. The van der Waals surface area contributed by atoms with E-state index >= 15 is 0 Å². The second-order valence-corrected chi connectivity index (χ2v) is 7.51. The average molecular weight is 372 g/mol. The summed E-state index contributed by atoms with van der Waals surface area (Å²) >= 11 is 0. The first-order valence-corrected chi connectivity index (χ1v) is 9.58. The van der Waals surface area contributed by atoms with Crippen molar-refractivity contribution < 1.29 is 19.3 Å². The van der Waals surface area contributed by atoms with Gasteiger partial charge in [-0.3, -0.25) is 0 Å². The smallest absolute Gasteiger partial charge is 0.231 e. The summed E-state index contributed by atoms with van der Waals surface area (Å²) < 4.78 is 18.8. The van der Waals surface area contributed by atoms with Crippen molar-refractivity contribution in [3.8, 4) is 17.2 Å². The van der Waals surface area contributed by atoms with Crippen molar-refractivity contribution in [3.63, 3.8) is 0 Å². The molecule has 8 nitrogen and oxygen atoms in total. The second-order valence-electron chi connectivity index (χ2n) is 7.51. The standard InChI is InChI=1S/C19H24N4O4/c1-2-23-19(20-10-21-23)22-8-12-5-15(24)17(6-13(12)9-22)27-14-3-4-16-18(7-14)26-11-25-16/h3-4,7,10,12-13,15,17,24H,2,5-6,8-9,11H2,1H3/t12-,13+,15+,17+/m0/s1. The van der Waals surface area contributed by atoms with Crippen molar-refractivity contribution >= 4 is 5.95 Å². The summed E-state index contributed by atoms with van der Waals surface area (Å²) in [6.07, 6.45) is 2.51. The Labute approximate surface area is 157 Å². The molecule has 4 atom stereocenters. The molecule has 0 unspecified atom stereocenters. The largest absolute Gasteiger partial charge is 0.488 e. The Kier molecular flexibility index (Phi) is 4.07. The summed E-state index contributed by atoms with van der Waals surface area (Å²) in [5.41, 5.74) is 0. The molecule has 144 valence electrons. The van der Waals surface area contributed by atoms with E-state index in [2.05, 4.69) is 21.9 Å². The highest BCUT2D eigenvalue weighted by atomic mass is 16.7. The van der Waals surface area contributed by atoms with Crippen molar-refractivity contribution in [2.24, 2.45) is 11.8 Å². The number of nitrogens with zero attached hydrogens (tertiary/aromatic N) is 4. The van der Waals surface area contributed by atoms with Gasteiger partial charge in [-0.15, -0.1) is 0 Å². The van der Waals surface area contributed by atoms with Crippen LogP contribution < -0.4 is 19.1 Å². The SMILES string of the molecule is CCn1ncnc1N1C[C@H]2C[C@@H](Oc3ccc4c(c3)OCO4)[C@H](O)C[C@H]2C1. The molecule has 1 N–H and O–H groups in total. The van der Waals surface area contributed by atoms with Crippen LogP contribution >= 0.6 is 0 Å². The minimum atomic E-state index is -0.472. The maximum atomic E-state index is 10.7. The lowest BCUT2D eigenvalue weighted by Gasteiger charge is -2.35. The molecule has 0 amide bonds. The summed E-state index contributed by atoms with van der Waals surface area (Å²) in [6, 6.07) is 5.56. The Balaban J connectivity index is 1.28. The average Bonchev–Trinajstić information content (AvgIpc) is 3.39. The Morgan fingerprint density at radius 3 is 2.85 bits per heavy atom. The molecule has 1 aliphatic carbocycles. The van der Waals surface area contributed by atoms with Crippen molar-refractivity contribution in [2.45, 2.75) is 38.5 Å². The van der Waals surface area contributed by atoms with Gasteiger partial charge in [0.05, 0.1) is 6.10 Å². The molecule has 0 spiro atoms. The number of anilines is 1. The van der Waals surface area contributed by atoms with Gasteiger partial charge >= 0.3 is 0 Å². The molecular weight excluding hydrogens is 348 g/mol. The zero-order valence-electron chi connectivity index (χ0n) is 15.3. The van der Waals surface area contributed by atoms with Crippen LogP contribution in [0.1, 0.15) is 19.8 Å². The summed E-state index contributed by atoms with van der Waals surface area (Å²) in [6.45, 7) is 4.96. The molecule has 2 aliphatic heterocycles. The fraction of sp³-hybridized carbons (Fsp3) is 0.579. The van der Waals surface area contributed by atoms with Gasteiger partial charge in [0.25, 0.3) is 0 Å². The van der Waals surface area contributed by atoms with E-state index in [4.69, 9.17) is 14.2 Å². The summed E-state index contributed by atoms with van der Waals surface area (Å²) in [5, 5.41) is 14.9. The first-order valence-electron chi connectivity index (χ1n) is 9.58. The van der Waals surface area contributed by atoms with E-state index in [0.717, 1.165) is 44.2 Å². The monoisotopic (exact) mass is 372 g/mol. The molecule has 27 heavy (non-hydrogen) atoms. The number of hydrogen-bond acceptors (Lipinski definition) is 7. The van der Waals surface area contributed by atoms with Crippen LogP contribution in [-0.2, 0) is 6.54 Å². The molecule has 3 heterocycles. The van der Waals surface area contributed by atoms with Gasteiger partial charge in [-0.2, -0.15) is 10.1 Å². The van der Waals surface area contributed by atoms with E-state index < -0.39 is 6.10 Å². The number of aromatic nitrogens is 3. The van der Waals surface area contributed by atoms with Crippen LogP contribution in [0.2, 0.25) is 0 Å². The van der Waals surface area contributed by atoms with Gasteiger partial charge in [0.2, 0.25) is 12.7 Å². The van der Waals surface area contributed by atoms with Crippen LogP contribution in [0.5, 0.6) is 17.2 Å². The Morgan fingerprint density at radius 1 is 1.19 bits per heavy atom. The molecule has 1 aromatic heterocycles. The molecule has 5 rings (SSSR count). The molecule has 2 aromatic rings. The number of hydrogen-bond donors (Lipinski definition) is 1. The topological polar surface area (TPSA) is 81.9 Å². The highest BCUT2D eigenvalue weighted by molar-refractivity contribution is 5.47.